The molecule has 20 heteroatoms. The first-order chi connectivity index (χ1) is 25.7. The normalized spacial score (nSPS) is 18.8. The van der Waals surface area contributed by atoms with Gasteiger partial charge in [-0.05, 0) is 52.7 Å². The van der Waals surface area contributed by atoms with Crippen molar-refractivity contribution >= 4 is 18.0 Å². The van der Waals surface area contributed by atoms with Crippen molar-refractivity contribution in [2.75, 3.05) is 6.61 Å². The first-order valence-electron chi connectivity index (χ1n) is 16.5. The molecule has 2 amide bonds. The molecule has 0 radical (unpaired) electrons. The van der Waals surface area contributed by atoms with E-state index >= 15 is 4.39 Å². The minimum atomic E-state index is -4.79. The maximum Gasteiger partial charge on any atom is 0.411 e. The third-order valence-corrected chi connectivity index (χ3v) is 9.53. The molecule has 1 aliphatic carbocycles. The highest BCUT2D eigenvalue weighted by Crippen LogP contribution is 2.50. The molecule has 55 heavy (non-hydrogen) atoms. The number of ether oxygens (including phenoxy) is 1. The van der Waals surface area contributed by atoms with Crippen LogP contribution in [-0.2, 0) is 15.1 Å². The van der Waals surface area contributed by atoms with Gasteiger partial charge in [-0.25, -0.2) is 23.8 Å². The number of aromatic nitrogens is 5. The van der Waals surface area contributed by atoms with Gasteiger partial charge in [0.1, 0.15) is 24.3 Å². The van der Waals surface area contributed by atoms with Crippen LogP contribution in [0.2, 0.25) is 0 Å². The molecule has 3 heterocycles. The number of amides is 2. The van der Waals surface area contributed by atoms with Crippen LogP contribution in [0, 0.1) is 11.2 Å². The molecule has 0 saturated heterocycles. The second kappa shape index (κ2) is 13.8. The van der Waals surface area contributed by atoms with Crippen molar-refractivity contribution in [2.24, 2.45) is 16.1 Å². The lowest BCUT2D eigenvalue weighted by molar-refractivity contribution is -0.164. The first-order valence-corrected chi connectivity index (χ1v) is 16.5. The molecule has 1 aliphatic heterocycles. The Labute approximate surface area is 307 Å². The predicted octanol–water partition coefficient (Wildman–Crippen LogP) is 7.25. The number of alkyl halides is 7. The average Bonchev–Trinajstić information content (AvgIpc) is 3.42. The molecule has 0 bridgehead atoms. The summed E-state index contributed by atoms with van der Waals surface area (Å²) in [5.41, 5.74) is 1.79. The van der Waals surface area contributed by atoms with E-state index in [0.29, 0.717) is 15.8 Å². The summed E-state index contributed by atoms with van der Waals surface area (Å²) in [6.07, 6.45) is -3.94. The number of aliphatic imine (C=N–C) groups is 1. The fourth-order valence-electron chi connectivity index (χ4n) is 6.27. The zero-order valence-corrected chi connectivity index (χ0v) is 29.3. The van der Waals surface area contributed by atoms with Crippen LogP contribution in [0.1, 0.15) is 63.9 Å². The highest BCUT2D eigenvalue weighted by Gasteiger charge is 2.65. The van der Waals surface area contributed by atoms with Gasteiger partial charge >= 0.3 is 25.4 Å². The van der Waals surface area contributed by atoms with Gasteiger partial charge in [0.25, 0.3) is 5.91 Å². The number of hydrogen-bond donors (Lipinski definition) is 2. The minimum Gasteiger partial charge on any atom is -0.447 e. The van der Waals surface area contributed by atoms with Crippen LogP contribution in [0.15, 0.2) is 78.3 Å². The van der Waals surface area contributed by atoms with Gasteiger partial charge in [0.15, 0.2) is 11.4 Å². The Hall–Kier alpha value is -5.82. The molecule has 4 aromatic rings. The molecule has 2 atom stereocenters. The second-order valence-electron chi connectivity index (χ2n) is 14.0. The number of guanidine groups is 1. The van der Waals surface area contributed by atoms with Gasteiger partial charge < -0.3 is 15.8 Å². The molecule has 0 spiro atoms. The summed E-state index contributed by atoms with van der Waals surface area (Å²) in [4.78, 5) is 37.1. The summed E-state index contributed by atoms with van der Waals surface area (Å²) in [6.45, 7) is 2.45. The number of nitrogens with zero attached hydrogens (tertiary/aromatic N) is 7. The molecule has 1 fully saturated rings. The minimum absolute atomic E-state index is 0.0694. The summed E-state index contributed by atoms with van der Waals surface area (Å²) in [6, 6.07) is 7.58. The van der Waals surface area contributed by atoms with Crippen LogP contribution in [0.4, 0.5) is 39.9 Å². The molecule has 292 valence electrons. The van der Waals surface area contributed by atoms with Crippen LogP contribution in [0.3, 0.4) is 0 Å². The Morgan fingerprint density at radius 1 is 1.02 bits per heavy atom. The average molecular weight is 780 g/mol. The van der Waals surface area contributed by atoms with Crippen molar-refractivity contribution in [3.8, 4) is 22.5 Å². The van der Waals surface area contributed by atoms with Gasteiger partial charge in [-0.1, -0.05) is 57.7 Å². The predicted molar refractivity (Wildman–Crippen MR) is 180 cm³/mol. The van der Waals surface area contributed by atoms with Crippen molar-refractivity contribution in [2.45, 2.75) is 70.0 Å². The summed E-state index contributed by atoms with van der Waals surface area (Å²) in [5, 5.41) is 8.89. The van der Waals surface area contributed by atoms with Gasteiger partial charge in [0.2, 0.25) is 5.96 Å². The van der Waals surface area contributed by atoms with Crippen molar-refractivity contribution < 1.29 is 49.4 Å². The number of carbonyl (C=O) groups is 2. The molecule has 2 aromatic heterocycles. The summed E-state index contributed by atoms with van der Waals surface area (Å²) < 4.78 is 116. The SMILES string of the molecule is C=C(C(C)(C)C)[C@]1(c2ccc(-c3cnn(C(F)F)c3)cc2)N=C(N)N([C@H](COC(=O)NC2(C(F)(F)F)CC2)c2ccc(F)c(-c3ncnn3C(F)F)c2)C1=O. The first kappa shape index (κ1) is 38.9. The van der Waals surface area contributed by atoms with Gasteiger partial charge in [0.05, 0.1) is 17.8 Å². The van der Waals surface area contributed by atoms with Crippen LogP contribution in [-0.4, -0.2) is 65.7 Å². The lowest BCUT2D eigenvalue weighted by Crippen LogP contribution is -2.50. The van der Waals surface area contributed by atoms with Crippen LogP contribution >= 0.6 is 0 Å². The molecular weight excluding hydrogens is 746 g/mol. The lowest BCUT2D eigenvalue weighted by atomic mass is 9.71. The number of halogens is 8. The Bertz CT molecular complexity index is 2150. The van der Waals surface area contributed by atoms with E-state index in [1.807, 2.05) is 5.32 Å². The zero-order chi connectivity index (χ0) is 40.2. The van der Waals surface area contributed by atoms with Crippen LogP contribution < -0.4 is 11.1 Å². The van der Waals surface area contributed by atoms with E-state index in [1.165, 1.54) is 30.5 Å². The zero-order valence-electron chi connectivity index (χ0n) is 29.3. The van der Waals surface area contributed by atoms with Crippen LogP contribution in [0.25, 0.3) is 22.5 Å². The number of carbonyl (C=O) groups excluding carboxylic acids is 2. The Morgan fingerprint density at radius 3 is 2.25 bits per heavy atom. The molecular formula is C35H33F8N9O3. The van der Waals surface area contributed by atoms with Gasteiger partial charge in [0, 0.05) is 11.8 Å². The van der Waals surface area contributed by atoms with E-state index in [1.54, 1.807) is 20.8 Å². The smallest absolute Gasteiger partial charge is 0.411 e. The van der Waals surface area contributed by atoms with E-state index in [9.17, 15) is 40.3 Å². The molecule has 0 unspecified atom stereocenters. The van der Waals surface area contributed by atoms with Crippen molar-refractivity contribution in [1.29, 1.82) is 0 Å². The standard InChI is InChI=1S/C35H33F8N9O3/c1-18(32(2,3)4)34(22-8-5-19(6-9-22)21-14-46-50(15-21)28(37)38)27(53)51(30(44)48-34)25(16-55-31(54)49-33(11-12-33)35(41,42)43)20-7-10-24(36)23(13-20)26-45-17-47-52(26)29(39)40/h5-10,13-15,17,25,28-29H,1,11-12,16H2,2-4H3,(H2,44,48)(H,49,54)/t25-,34-/m1/s1. The second-order valence-corrected chi connectivity index (χ2v) is 14.0. The Morgan fingerprint density at radius 2 is 1.69 bits per heavy atom. The summed E-state index contributed by atoms with van der Waals surface area (Å²) in [5.74, 6) is -2.97. The van der Waals surface area contributed by atoms with E-state index in [4.69, 9.17) is 10.5 Å². The highest BCUT2D eigenvalue weighted by atomic mass is 19.4. The number of alkyl carbamates (subject to hydrolysis) is 1. The molecule has 6 rings (SSSR count). The molecule has 2 aliphatic rings. The number of nitrogens with two attached hydrogens (primary N) is 1. The topological polar surface area (TPSA) is 146 Å². The largest absolute Gasteiger partial charge is 0.447 e. The maximum absolute atomic E-state index is 15.3. The van der Waals surface area contributed by atoms with E-state index in [0.717, 1.165) is 35.6 Å². The van der Waals surface area contributed by atoms with Crippen molar-refractivity contribution in [3.63, 3.8) is 0 Å². The van der Waals surface area contributed by atoms with Crippen LogP contribution in [0.5, 0.6) is 0 Å². The molecule has 2 aromatic carbocycles. The summed E-state index contributed by atoms with van der Waals surface area (Å²) in [7, 11) is 0. The highest BCUT2D eigenvalue weighted by molar-refractivity contribution is 6.09. The third kappa shape index (κ3) is 7.00. The number of hydrogen-bond acceptors (Lipinski definition) is 8. The fraction of sp³-hybridized carbons (Fsp3) is 0.371. The lowest BCUT2D eigenvalue weighted by Gasteiger charge is -2.37. The number of nitrogens with one attached hydrogen (secondary N) is 1. The van der Waals surface area contributed by atoms with Crippen molar-refractivity contribution in [3.05, 3.63) is 90.3 Å². The van der Waals surface area contributed by atoms with Crippen molar-refractivity contribution in [1.82, 2.24) is 34.8 Å². The maximum atomic E-state index is 15.3. The number of benzene rings is 2. The Balaban J connectivity index is 1.43. The monoisotopic (exact) mass is 779 g/mol. The number of rotatable bonds is 11. The molecule has 3 N–H and O–H groups in total. The van der Waals surface area contributed by atoms with Gasteiger partial charge in [-0.2, -0.15) is 45.6 Å². The fourth-order valence-corrected chi connectivity index (χ4v) is 6.27. The van der Waals surface area contributed by atoms with E-state index in [-0.39, 0.29) is 21.4 Å². The van der Waals surface area contributed by atoms with Gasteiger partial charge in [-0.15, -0.1) is 0 Å². The van der Waals surface area contributed by atoms with E-state index < -0.39 is 96.4 Å². The third-order valence-electron chi connectivity index (χ3n) is 9.53. The quantitative estimate of drug-likeness (QED) is 0.121. The van der Waals surface area contributed by atoms with E-state index in [2.05, 4.69) is 26.8 Å². The summed E-state index contributed by atoms with van der Waals surface area (Å²) >= 11 is 0. The molecule has 12 nitrogen and oxygen atoms in total. The Kier molecular flexibility index (Phi) is 9.75. The van der Waals surface area contributed by atoms with Gasteiger partial charge in [-0.3, -0.25) is 9.69 Å². The molecule has 1 saturated carbocycles.